The van der Waals surface area contributed by atoms with Gasteiger partial charge >= 0.3 is 0 Å². The summed E-state index contributed by atoms with van der Waals surface area (Å²) >= 11 is 0. The summed E-state index contributed by atoms with van der Waals surface area (Å²) in [5.41, 5.74) is 0. The van der Waals surface area contributed by atoms with E-state index in [1.165, 1.54) is 6.33 Å². The van der Waals surface area contributed by atoms with Crippen LogP contribution in [0.15, 0.2) is 6.33 Å². The zero-order chi connectivity index (χ0) is 12.0. The highest BCUT2D eigenvalue weighted by atomic mass is 19.3. The normalized spacial score (nSPS) is 13.3. The van der Waals surface area contributed by atoms with Crippen molar-refractivity contribution < 1.29 is 13.9 Å². The number of rotatable bonds is 7. The van der Waals surface area contributed by atoms with Crippen LogP contribution in [0.25, 0.3) is 0 Å². The van der Waals surface area contributed by atoms with E-state index in [1.54, 1.807) is 4.68 Å². The summed E-state index contributed by atoms with van der Waals surface area (Å²) in [6.45, 7) is 2.92. The number of nitrogens with one attached hydrogen (secondary N) is 1. The van der Waals surface area contributed by atoms with Gasteiger partial charge in [0.05, 0.1) is 6.54 Å². The van der Waals surface area contributed by atoms with Crippen LogP contribution in [-0.4, -0.2) is 38.9 Å². The lowest BCUT2D eigenvalue weighted by Gasteiger charge is -2.10. The summed E-state index contributed by atoms with van der Waals surface area (Å²) in [6, 6.07) is 0. The van der Waals surface area contributed by atoms with Crippen LogP contribution in [-0.2, 0) is 13.1 Å². The smallest absolute Gasteiger partial charge is 0.265 e. The first-order chi connectivity index (χ1) is 7.65. The lowest BCUT2D eigenvalue weighted by Crippen LogP contribution is -2.32. The lowest BCUT2D eigenvalue weighted by molar-refractivity contribution is -0.00352. The van der Waals surface area contributed by atoms with E-state index < -0.39 is 12.5 Å². The van der Waals surface area contributed by atoms with Crippen molar-refractivity contribution >= 4 is 0 Å². The van der Waals surface area contributed by atoms with Gasteiger partial charge in [-0.3, -0.25) is 0 Å². The van der Waals surface area contributed by atoms with E-state index in [0.717, 1.165) is 13.0 Å². The van der Waals surface area contributed by atoms with Crippen LogP contribution in [0.2, 0.25) is 0 Å². The molecule has 0 aliphatic rings. The molecule has 5 nitrogen and oxygen atoms in total. The minimum Gasteiger partial charge on any atom is -0.386 e. The van der Waals surface area contributed by atoms with Gasteiger partial charge in [0, 0.05) is 13.1 Å². The molecule has 1 aromatic heterocycles. The highest BCUT2D eigenvalue weighted by Gasteiger charge is 2.16. The quantitative estimate of drug-likeness (QED) is 0.717. The Balaban J connectivity index is 2.34. The Morgan fingerprint density at radius 1 is 1.56 bits per heavy atom. The molecular formula is C9H16F2N4O. The van der Waals surface area contributed by atoms with Gasteiger partial charge in [0.2, 0.25) is 0 Å². The Labute approximate surface area is 92.5 Å². The second kappa shape index (κ2) is 6.49. The molecular weight excluding hydrogens is 218 g/mol. The molecule has 0 aromatic carbocycles. The van der Waals surface area contributed by atoms with Gasteiger partial charge in [0.15, 0.2) is 0 Å². The summed E-state index contributed by atoms with van der Waals surface area (Å²) in [6.07, 6.45) is -2.00. The fraction of sp³-hybridized carbons (Fsp3) is 0.778. The maximum atomic E-state index is 12.0. The van der Waals surface area contributed by atoms with Crippen LogP contribution in [0.3, 0.4) is 0 Å². The van der Waals surface area contributed by atoms with E-state index >= 15 is 0 Å². The van der Waals surface area contributed by atoms with Gasteiger partial charge in [-0.15, -0.1) is 0 Å². The number of nitrogens with zero attached hydrogens (tertiary/aromatic N) is 3. The molecule has 0 bridgehead atoms. The lowest BCUT2D eigenvalue weighted by atomic mass is 10.3. The molecule has 92 valence electrons. The number of halogens is 2. The first-order valence-electron chi connectivity index (χ1n) is 5.18. The van der Waals surface area contributed by atoms with Crippen molar-refractivity contribution in [3.63, 3.8) is 0 Å². The van der Waals surface area contributed by atoms with Gasteiger partial charge in [0.1, 0.15) is 18.3 Å². The van der Waals surface area contributed by atoms with Crippen molar-refractivity contribution in [1.29, 1.82) is 0 Å². The van der Waals surface area contributed by atoms with Crippen LogP contribution >= 0.6 is 0 Å². The summed E-state index contributed by atoms with van der Waals surface area (Å²) in [4.78, 5) is 4.00. The van der Waals surface area contributed by atoms with Crippen molar-refractivity contribution in [2.75, 3.05) is 6.54 Å². The summed E-state index contributed by atoms with van der Waals surface area (Å²) in [5.74, 6) is 0.684. The largest absolute Gasteiger partial charge is 0.386 e. The monoisotopic (exact) mass is 234 g/mol. The van der Waals surface area contributed by atoms with Crippen LogP contribution in [0.1, 0.15) is 19.2 Å². The van der Waals surface area contributed by atoms with Crippen LogP contribution in [0.4, 0.5) is 8.78 Å². The first kappa shape index (κ1) is 13.0. The number of aromatic nitrogens is 3. The van der Waals surface area contributed by atoms with Crippen LogP contribution < -0.4 is 5.32 Å². The fourth-order valence-corrected chi connectivity index (χ4v) is 1.24. The topological polar surface area (TPSA) is 63.0 Å². The summed E-state index contributed by atoms with van der Waals surface area (Å²) in [7, 11) is 0. The molecule has 0 fully saturated rings. The molecule has 0 spiro atoms. The van der Waals surface area contributed by atoms with Gasteiger partial charge < -0.3 is 10.4 Å². The summed E-state index contributed by atoms with van der Waals surface area (Å²) in [5, 5.41) is 15.6. The second-order valence-electron chi connectivity index (χ2n) is 3.43. The van der Waals surface area contributed by atoms with Gasteiger partial charge in [0.25, 0.3) is 6.43 Å². The molecule has 7 heteroatoms. The predicted molar refractivity (Wildman–Crippen MR) is 54.0 cm³/mol. The Morgan fingerprint density at radius 2 is 2.31 bits per heavy atom. The first-order valence-corrected chi connectivity index (χ1v) is 5.18. The van der Waals surface area contributed by atoms with Crippen molar-refractivity contribution in [3.8, 4) is 0 Å². The number of hydrogen-bond acceptors (Lipinski definition) is 4. The van der Waals surface area contributed by atoms with E-state index in [2.05, 4.69) is 15.4 Å². The minimum absolute atomic E-state index is 0.156. The standard InChI is InChI=1S/C9H16F2N4O/c1-2-3-15-8(13-6-14-15)5-12-4-7(16)9(10)11/h6-7,9,12,16H,2-5H2,1H3. The minimum atomic E-state index is -2.72. The van der Waals surface area contributed by atoms with Gasteiger partial charge in [-0.2, -0.15) is 5.10 Å². The van der Waals surface area contributed by atoms with Crippen molar-refractivity contribution in [2.24, 2.45) is 0 Å². The average Bonchev–Trinajstić information content (AvgIpc) is 2.66. The van der Waals surface area contributed by atoms with E-state index in [0.29, 0.717) is 12.4 Å². The Kier molecular flexibility index (Phi) is 5.27. The molecule has 16 heavy (non-hydrogen) atoms. The van der Waals surface area contributed by atoms with Crippen molar-refractivity contribution in [1.82, 2.24) is 20.1 Å². The molecule has 0 saturated carbocycles. The molecule has 0 aliphatic heterocycles. The summed E-state index contributed by atoms with van der Waals surface area (Å²) < 4.78 is 25.7. The van der Waals surface area contributed by atoms with E-state index in [1.807, 2.05) is 6.92 Å². The molecule has 1 heterocycles. The third kappa shape index (κ3) is 3.82. The molecule has 2 N–H and O–H groups in total. The van der Waals surface area contributed by atoms with E-state index in [4.69, 9.17) is 5.11 Å². The zero-order valence-corrected chi connectivity index (χ0v) is 9.11. The molecule has 1 aromatic rings. The van der Waals surface area contributed by atoms with E-state index in [9.17, 15) is 8.78 Å². The number of alkyl halides is 2. The Bertz CT molecular complexity index is 305. The van der Waals surface area contributed by atoms with E-state index in [-0.39, 0.29) is 6.54 Å². The molecule has 1 atom stereocenters. The number of aliphatic hydroxyl groups excluding tert-OH is 1. The van der Waals surface area contributed by atoms with Gasteiger partial charge in [-0.25, -0.2) is 18.4 Å². The Hall–Kier alpha value is -1.08. The Morgan fingerprint density at radius 3 is 2.94 bits per heavy atom. The fourth-order valence-electron chi connectivity index (χ4n) is 1.24. The van der Waals surface area contributed by atoms with Gasteiger partial charge in [-0.05, 0) is 6.42 Å². The number of aliphatic hydroxyl groups is 1. The third-order valence-corrected chi connectivity index (χ3v) is 2.06. The molecule has 1 unspecified atom stereocenters. The maximum Gasteiger partial charge on any atom is 0.265 e. The second-order valence-corrected chi connectivity index (χ2v) is 3.43. The molecule has 0 saturated heterocycles. The maximum absolute atomic E-state index is 12.0. The van der Waals surface area contributed by atoms with Crippen molar-refractivity contribution in [3.05, 3.63) is 12.2 Å². The highest BCUT2D eigenvalue weighted by Crippen LogP contribution is 2.00. The SMILES string of the molecule is CCCn1ncnc1CNCC(O)C(F)F. The highest BCUT2D eigenvalue weighted by molar-refractivity contribution is 4.83. The predicted octanol–water partition coefficient (Wildman–Crippen LogP) is 0.404. The molecule has 0 aliphatic carbocycles. The molecule has 0 amide bonds. The number of aryl methyl sites for hydroxylation is 1. The average molecular weight is 234 g/mol. The molecule has 0 radical (unpaired) electrons. The van der Waals surface area contributed by atoms with Crippen LogP contribution in [0, 0.1) is 0 Å². The molecule has 1 rings (SSSR count). The van der Waals surface area contributed by atoms with Crippen molar-refractivity contribution in [2.45, 2.75) is 39.0 Å². The third-order valence-electron chi connectivity index (χ3n) is 2.06. The number of hydrogen-bond donors (Lipinski definition) is 2. The zero-order valence-electron chi connectivity index (χ0n) is 9.11. The van der Waals surface area contributed by atoms with Gasteiger partial charge in [-0.1, -0.05) is 6.92 Å². The van der Waals surface area contributed by atoms with Crippen LogP contribution in [0.5, 0.6) is 0 Å².